The Morgan fingerprint density at radius 2 is 2.00 bits per heavy atom. The van der Waals surface area contributed by atoms with E-state index in [1.54, 1.807) is 29.6 Å². The average Bonchev–Trinajstić information content (AvgIpc) is 3.18. The maximum absolute atomic E-state index is 12.1. The van der Waals surface area contributed by atoms with E-state index < -0.39 is 18.5 Å². The minimum atomic E-state index is -0.656. The molecule has 0 atom stereocenters. The molecule has 148 valence electrons. The van der Waals surface area contributed by atoms with E-state index in [1.807, 2.05) is 17.5 Å². The van der Waals surface area contributed by atoms with Crippen LogP contribution in [0.2, 0.25) is 0 Å². The predicted molar refractivity (Wildman–Crippen MR) is 111 cm³/mol. The molecule has 0 saturated heterocycles. The van der Waals surface area contributed by atoms with Crippen LogP contribution >= 0.6 is 22.7 Å². The minimum absolute atomic E-state index is 0.167. The van der Waals surface area contributed by atoms with Gasteiger partial charge < -0.3 is 15.4 Å². The Kier molecular flexibility index (Phi) is 5.68. The summed E-state index contributed by atoms with van der Waals surface area (Å²) in [7, 11) is 0. The Morgan fingerprint density at radius 1 is 1.14 bits per heavy atom. The molecule has 4 rings (SSSR count). The van der Waals surface area contributed by atoms with Crippen LogP contribution < -0.4 is 10.6 Å². The van der Waals surface area contributed by atoms with Gasteiger partial charge in [-0.3, -0.25) is 9.59 Å². The number of aromatic nitrogens is 1. The van der Waals surface area contributed by atoms with Gasteiger partial charge in [0.2, 0.25) is 0 Å². The Balaban J connectivity index is 1.29. The minimum Gasteiger partial charge on any atom is -0.451 e. The summed E-state index contributed by atoms with van der Waals surface area (Å²) in [4.78, 5) is 41.5. The first-order chi connectivity index (χ1) is 14.1. The lowest BCUT2D eigenvalue weighted by Gasteiger charge is -2.08. The van der Waals surface area contributed by atoms with E-state index in [2.05, 4.69) is 15.6 Å². The van der Waals surface area contributed by atoms with Crippen LogP contribution in [-0.4, -0.2) is 35.4 Å². The third-order valence-electron chi connectivity index (χ3n) is 4.10. The number of benzene rings is 1. The van der Waals surface area contributed by atoms with Gasteiger partial charge in [0.15, 0.2) is 12.3 Å². The lowest BCUT2D eigenvalue weighted by Crippen LogP contribution is -2.25. The van der Waals surface area contributed by atoms with Gasteiger partial charge in [-0.15, -0.1) is 22.7 Å². The molecule has 9 heteroatoms. The zero-order valence-corrected chi connectivity index (χ0v) is 16.8. The number of anilines is 1. The summed E-state index contributed by atoms with van der Waals surface area (Å²) in [6.45, 7) is -0.441. The van der Waals surface area contributed by atoms with E-state index in [4.69, 9.17) is 4.74 Å². The average molecular weight is 428 g/mol. The Bertz CT molecular complexity index is 1040. The molecule has 29 heavy (non-hydrogen) atoms. The summed E-state index contributed by atoms with van der Waals surface area (Å²) in [5.41, 5.74) is 1.10. The fourth-order valence-corrected chi connectivity index (χ4v) is 4.12. The van der Waals surface area contributed by atoms with Gasteiger partial charge in [0.1, 0.15) is 5.01 Å². The van der Waals surface area contributed by atoms with Gasteiger partial charge in [0, 0.05) is 22.7 Å². The van der Waals surface area contributed by atoms with E-state index in [-0.39, 0.29) is 17.6 Å². The number of ether oxygens (including phenoxy) is 1. The van der Waals surface area contributed by atoms with Gasteiger partial charge in [-0.2, -0.15) is 0 Å². The molecule has 2 amide bonds. The zero-order chi connectivity index (χ0) is 20.2. The molecule has 2 heterocycles. The maximum atomic E-state index is 12.1. The number of thiazole rings is 1. The van der Waals surface area contributed by atoms with Crippen LogP contribution in [0.4, 0.5) is 5.69 Å². The Hall–Kier alpha value is -3.04. The second-order valence-corrected chi connectivity index (χ2v) is 8.27. The topological polar surface area (TPSA) is 97.4 Å². The number of carbonyl (C=O) groups excluding carboxylic acids is 3. The molecule has 1 aliphatic carbocycles. The summed E-state index contributed by atoms with van der Waals surface area (Å²) in [5.74, 6) is -1.32. The fourth-order valence-electron chi connectivity index (χ4n) is 2.52. The molecule has 1 fully saturated rings. The van der Waals surface area contributed by atoms with Gasteiger partial charge in [-0.1, -0.05) is 12.1 Å². The molecular formula is C20H17N3O4S2. The van der Waals surface area contributed by atoms with Gasteiger partial charge in [0.25, 0.3) is 11.8 Å². The molecule has 2 aromatic heterocycles. The zero-order valence-electron chi connectivity index (χ0n) is 15.2. The number of thiophene rings is 1. The number of esters is 1. The molecule has 3 aromatic rings. The summed E-state index contributed by atoms with van der Waals surface area (Å²) in [6, 6.07) is 10.7. The smallest absolute Gasteiger partial charge is 0.358 e. The van der Waals surface area contributed by atoms with Crippen molar-refractivity contribution in [3.63, 3.8) is 0 Å². The van der Waals surface area contributed by atoms with Crippen molar-refractivity contribution in [3.05, 3.63) is 58.4 Å². The van der Waals surface area contributed by atoms with Crippen molar-refractivity contribution in [1.82, 2.24) is 10.3 Å². The summed E-state index contributed by atoms with van der Waals surface area (Å²) in [5, 5.41) is 9.80. The number of nitrogens with one attached hydrogen (secondary N) is 2. The van der Waals surface area contributed by atoms with Crippen LogP contribution in [-0.2, 0) is 9.53 Å². The molecule has 1 saturated carbocycles. The normalized spacial score (nSPS) is 13.0. The molecule has 0 bridgehead atoms. The van der Waals surface area contributed by atoms with Crippen molar-refractivity contribution in [3.8, 4) is 9.88 Å². The second kappa shape index (κ2) is 8.54. The monoisotopic (exact) mass is 427 g/mol. The lowest BCUT2D eigenvalue weighted by molar-refractivity contribution is -0.119. The highest BCUT2D eigenvalue weighted by molar-refractivity contribution is 7.20. The maximum Gasteiger partial charge on any atom is 0.358 e. The van der Waals surface area contributed by atoms with E-state index in [1.165, 1.54) is 22.7 Å². The first-order valence-corrected chi connectivity index (χ1v) is 10.7. The molecule has 0 aliphatic heterocycles. The van der Waals surface area contributed by atoms with Crippen molar-refractivity contribution >= 4 is 46.1 Å². The van der Waals surface area contributed by atoms with E-state index >= 15 is 0 Å². The third-order valence-corrected chi connectivity index (χ3v) is 5.98. The molecule has 1 aromatic carbocycles. The van der Waals surface area contributed by atoms with Crippen molar-refractivity contribution in [2.45, 2.75) is 18.9 Å². The summed E-state index contributed by atoms with van der Waals surface area (Å²) < 4.78 is 5.05. The number of carbonyl (C=O) groups is 3. The molecule has 0 radical (unpaired) electrons. The highest BCUT2D eigenvalue weighted by Crippen LogP contribution is 2.28. The molecule has 7 nitrogen and oxygen atoms in total. The van der Waals surface area contributed by atoms with Gasteiger partial charge in [0.05, 0.1) is 4.88 Å². The lowest BCUT2D eigenvalue weighted by atomic mass is 10.2. The van der Waals surface area contributed by atoms with Crippen molar-refractivity contribution in [2.24, 2.45) is 0 Å². The van der Waals surface area contributed by atoms with E-state index in [0.717, 1.165) is 22.7 Å². The standard InChI is InChI=1S/C20H17N3O4S2/c24-17(21-14-4-1-3-12(9-14)18(25)22-13-6-7-13)10-27-20(26)15-11-29-19(23-15)16-5-2-8-28-16/h1-5,8-9,11,13H,6-7,10H2,(H,21,24)(H,22,25). The van der Waals surface area contributed by atoms with Crippen molar-refractivity contribution in [1.29, 1.82) is 0 Å². The van der Waals surface area contributed by atoms with Gasteiger partial charge in [-0.05, 0) is 42.5 Å². The number of amides is 2. The van der Waals surface area contributed by atoms with Crippen LogP contribution in [0.5, 0.6) is 0 Å². The van der Waals surface area contributed by atoms with Crippen LogP contribution in [0.1, 0.15) is 33.7 Å². The number of hydrogen-bond acceptors (Lipinski definition) is 7. The number of rotatable bonds is 7. The van der Waals surface area contributed by atoms with Gasteiger partial charge in [-0.25, -0.2) is 9.78 Å². The molecule has 1 aliphatic rings. The van der Waals surface area contributed by atoms with Crippen LogP contribution in [0.3, 0.4) is 0 Å². The SMILES string of the molecule is O=C(COC(=O)c1csc(-c2cccs2)n1)Nc1cccc(C(=O)NC2CC2)c1. The summed E-state index contributed by atoms with van der Waals surface area (Å²) >= 11 is 2.88. The Morgan fingerprint density at radius 3 is 2.76 bits per heavy atom. The van der Waals surface area contributed by atoms with Crippen LogP contribution in [0, 0.1) is 0 Å². The van der Waals surface area contributed by atoms with Gasteiger partial charge >= 0.3 is 5.97 Å². The summed E-state index contributed by atoms with van der Waals surface area (Å²) in [6.07, 6.45) is 2.00. The number of nitrogens with zero attached hydrogens (tertiary/aromatic N) is 1. The predicted octanol–water partition coefficient (Wildman–Crippen LogP) is 3.56. The highest BCUT2D eigenvalue weighted by Gasteiger charge is 2.24. The quantitative estimate of drug-likeness (QED) is 0.562. The first kappa shape index (κ1) is 19.3. The van der Waals surface area contributed by atoms with E-state index in [0.29, 0.717) is 11.3 Å². The first-order valence-electron chi connectivity index (χ1n) is 8.96. The molecular weight excluding hydrogens is 410 g/mol. The molecule has 2 N–H and O–H groups in total. The third kappa shape index (κ3) is 5.07. The molecule has 0 spiro atoms. The molecule has 0 unspecified atom stereocenters. The van der Waals surface area contributed by atoms with Crippen LogP contribution in [0.15, 0.2) is 47.2 Å². The largest absolute Gasteiger partial charge is 0.451 e. The number of hydrogen-bond donors (Lipinski definition) is 2. The van der Waals surface area contributed by atoms with Crippen molar-refractivity contribution < 1.29 is 19.1 Å². The fraction of sp³-hybridized carbons (Fsp3) is 0.200. The van der Waals surface area contributed by atoms with Crippen LogP contribution in [0.25, 0.3) is 9.88 Å². The second-order valence-electron chi connectivity index (χ2n) is 6.47. The van der Waals surface area contributed by atoms with E-state index in [9.17, 15) is 14.4 Å². The Labute approximate surface area is 174 Å². The van der Waals surface area contributed by atoms with Crippen molar-refractivity contribution in [2.75, 3.05) is 11.9 Å². The highest BCUT2D eigenvalue weighted by atomic mass is 32.1.